The van der Waals surface area contributed by atoms with Gasteiger partial charge in [0, 0.05) is 6.07 Å². The van der Waals surface area contributed by atoms with Crippen molar-refractivity contribution in [1.82, 2.24) is 4.98 Å². The average molecular weight is 141 g/mol. The number of aromatic hydroxyl groups is 1. The smallest absolute Gasteiger partial charge is 0.285 e. The highest BCUT2D eigenvalue weighted by Gasteiger charge is 2.01. The van der Waals surface area contributed by atoms with E-state index < -0.39 is 0 Å². The second-order valence-electron chi connectivity index (χ2n) is 1.61. The number of thiazole rings is 1. The molecule has 0 unspecified atom stereocenters. The van der Waals surface area contributed by atoms with Crippen LogP contribution in [0.15, 0.2) is 16.0 Å². The van der Waals surface area contributed by atoms with E-state index in [1.165, 1.54) is 11.3 Å². The number of hydrogen-bond donors (Lipinski definition) is 1. The lowest BCUT2D eigenvalue weighted by Gasteiger charge is -1.72. The van der Waals surface area contributed by atoms with Gasteiger partial charge in [0.2, 0.25) is 5.71 Å². The molecular formula is C5H3NO2S. The number of aromatic nitrogens is 1. The minimum Gasteiger partial charge on any atom is -0.481 e. The molecule has 0 aliphatic rings. The van der Waals surface area contributed by atoms with Gasteiger partial charge in [0.25, 0.3) is 5.95 Å². The number of hydrogen-bond acceptors (Lipinski definition) is 4. The van der Waals surface area contributed by atoms with Gasteiger partial charge in [-0.25, -0.2) is 4.98 Å². The first-order valence-electron chi connectivity index (χ1n) is 2.38. The second-order valence-corrected chi connectivity index (χ2v) is 2.49. The summed E-state index contributed by atoms with van der Waals surface area (Å²) in [6.07, 6.45) is 0. The number of fused-ring (bicyclic) bond motifs is 1. The molecule has 2 aromatic rings. The van der Waals surface area contributed by atoms with Gasteiger partial charge in [-0.15, -0.1) is 11.3 Å². The molecule has 0 bridgehead atoms. The molecule has 0 saturated carbocycles. The molecule has 2 rings (SSSR count). The summed E-state index contributed by atoms with van der Waals surface area (Å²) in [6, 6.07) is 1.55. The molecule has 0 radical (unpaired) electrons. The minimum atomic E-state index is -0.0654. The third-order valence-electron chi connectivity index (χ3n) is 1.02. The Morgan fingerprint density at radius 3 is 3.33 bits per heavy atom. The highest BCUT2D eigenvalue weighted by Crippen LogP contribution is 2.25. The van der Waals surface area contributed by atoms with Crippen LogP contribution >= 0.6 is 11.3 Å². The van der Waals surface area contributed by atoms with Crippen LogP contribution < -0.4 is 0 Å². The first kappa shape index (κ1) is 4.81. The van der Waals surface area contributed by atoms with Crippen LogP contribution in [0.2, 0.25) is 0 Å². The van der Waals surface area contributed by atoms with Gasteiger partial charge in [-0.05, 0) is 0 Å². The van der Waals surface area contributed by atoms with Crippen molar-refractivity contribution < 1.29 is 9.52 Å². The monoisotopic (exact) mass is 141 g/mol. The topological polar surface area (TPSA) is 46.3 Å². The predicted octanol–water partition coefficient (Wildman–Crippen LogP) is 1.59. The van der Waals surface area contributed by atoms with E-state index >= 15 is 0 Å². The van der Waals surface area contributed by atoms with Crippen molar-refractivity contribution >= 4 is 21.8 Å². The van der Waals surface area contributed by atoms with E-state index in [0.29, 0.717) is 5.71 Å². The third-order valence-corrected chi connectivity index (χ3v) is 1.77. The zero-order chi connectivity index (χ0) is 6.27. The zero-order valence-electron chi connectivity index (χ0n) is 4.37. The Kier molecular flexibility index (Phi) is 0.790. The highest BCUT2D eigenvalue weighted by atomic mass is 32.1. The fourth-order valence-electron chi connectivity index (χ4n) is 0.658. The maximum Gasteiger partial charge on any atom is 0.285 e. The fraction of sp³-hybridized carbons (Fsp3) is 0. The summed E-state index contributed by atoms with van der Waals surface area (Å²) < 4.78 is 5.64. The van der Waals surface area contributed by atoms with Crippen LogP contribution in [0.3, 0.4) is 0 Å². The molecule has 9 heavy (non-hydrogen) atoms. The first-order chi connectivity index (χ1) is 4.36. The lowest BCUT2D eigenvalue weighted by atomic mass is 10.6. The molecule has 2 heterocycles. The van der Waals surface area contributed by atoms with Crippen LogP contribution in [0.1, 0.15) is 0 Å². The molecule has 0 saturated heterocycles. The maximum atomic E-state index is 8.75. The lowest BCUT2D eigenvalue weighted by molar-refractivity contribution is 0.344. The van der Waals surface area contributed by atoms with E-state index in [0.717, 1.165) is 4.70 Å². The van der Waals surface area contributed by atoms with Crippen molar-refractivity contribution in [3.05, 3.63) is 11.6 Å². The van der Waals surface area contributed by atoms with Gasteiger partial charge in [-0.3, -0.25) is 0 Å². The molecule has 0 fully saturated rings. The lowest BCUT2D eigenvalue weighted by Crippen LogP contribution is -1.51. The first-order valence-corrected chi connectivity index (χ1v) is 3.26. The summed E-state index contributed by atoms with van der Waals surface area (Å²) in [4.78, 5) is 3.83. The largest absolute Gasteiger partial charge is 0.481 e. The summed E-state index contributed by atoms with van der Waals surface area (Å²) in [7, 11) is 0. The minimum absolute atomic E-state index is 0.0654. The molecule has 3 nitrogen and oxygen atoms in total. The molecular weight excluding hydrogens is 138 g/mol. The molecule has 46 valence electrons. The number of nitrogens with zero attached hydrogens (tertiary/aromatic N) is 1. The summed E-state index contributed by atoms with van der Waals surface area (Å²) >= 11 is 1.44. The summed E-state index contributed by atoms with van der Waals surface area (Å²) in [5.41, 5.74) is 2.19. The molecule has 0 aliphatic carbocycles. The molecule has 0 aliphatic heterocycles. The molecule has 0 atom stereocenters. The van der Waals surface area contributed by atoms with Gasteiger partial charge in [0.1, 0.15) is 0 Å². The van der Waals surface area contributed by atoms with Crippen LogP contribution in [0.25, 0.3) is 10.4 Å². The van der Waals surface area contributed by atoms with Crippen molar-refractivity contribution in [3.63, 3.8) is 0 Å². The fourth-order valence-corrected chi connectivity index (χ4v) is 1.28. The number of furan rings is 1. The van der Waals surface area contributed by atoms with Crippen LogP contribution in [-0.2, 0) is 0 Å². The Labute approximate surface area is 54.6 Å². The summed E-state index contributed by atoms with van der Waals surface area (Å²) in [6.45, 7) is 0. The van der Waals surface area contributed by atoms with Crippen molar-refractivity contribution in [3.8, 4) is 5.95 Å². The van der Waals surface area contributed by atoms with Crippen molar-refractivity contribution in [2.75, 3.05) is 0 Å². The SMILES string of the molecule is Oc1cc2scnc2o1. The van der Waals surface area contributed by atoms with E-state index in [1.54, 1.807) is 11.6 Å². The van der Waals surface area contributed by atoms with Crippen LogP contribution in [0, 0.1) is 0 Å². The van der Waals surface area contributed by atoms with Crippen molar-refractivity contribution in [2.24, 2.45) is 0 Å². The number of rotatable bonds is 0. The third kappa shape index (κ3) is 0.598. The van der Waals surface area contributed by atoms with Gasteiger partial charge < -0.3 is 9.52 Å². The normalized spacial score (nSPS) is 10.7. The molecule has 4 heteroatoms. The van der Waals surface area contributed by atoms with Crippen LogP contribution in [0.4, 0.5) is 0 Å². The molecule has 0 amide bonds. The van der Waals surface area contributed by atoms with E-state index in [-0.39, 0.29) is 5.95 Å². The Morgan fingerprint density at radius 1 is 1.67 bits per heavy atom. The summed E-state index contributed by atoms with van der Waals surface area (Å²) in [5.74, 6) is -0.0654. The van der Waals surface area contributed by atoms with Gasteiger partial charge in [0.05, 0.1) is 10.2 Å². The molecule has 2 aromatic heterocycles. The molecule has 0 spiro atoms. The van der Waals surface area contributed by atoms with Gasteiger partial charge in [-0.1, -0.05) is 0 Å². The van der Waals surface area contributed by atoms with Crippen LogP contribution in [0.5, 0.6) is 5.95 Å². The maximum absolute atomic E-state index is 8.75. The Bertz CT molecular complexity index is 296. The van der Waals surface area contributed by atoms with E-state index in [9.17, 15) is 0 Å². The van der Waals surface area contributed by atoms with E-state index in [4.69, 9.17) is 9.52 Å². The predicted molar refractivity (Wildman–Crippen MR) is 33.6 cm³/mol. The van der Waals surface area contributed by atoms with Gasteiger partial charge in [0.15, 0.2) is 0 Å². The quantitative estimate of drug-likeness (QED) is 0.606. The molecule has 0 aromatic carbocycles. The average Bonchev–Trinajstić information content (AvgIpc) is 2.22. The Balaban J connectivity index is 2.92. The van der Waals surface area contributed by atoms with E-state index in [1.807, 2.05) is 0 Å². The second kappa shape index (κ2) is 1.48. The van der Waals surface area contributed by atoms with E-state index in [2.05, 4.69) is 4.98 Å². The van der Waals surface area contributed by atoms with Crippen molar-refractivity contribution in [1.29, 1.82) is 0 Å². The van der Waals surface area contributed by atoms with Crippen molar-refractivity contribution in [2.45, 2.75) is 0 Å². The molecule has 1 N–H and O–H groups in total. The standard InChI is InChI=1S/C5H3NO2S/c7-4-1-3-5(8-4)6-2-9-3/h1-2,7H. The van der Waals surface area contributed by atoms with Gasteiger partial charge in [-0.2, -0.15) is 0 Å². The Hall–Kier alpha value is -1.03. The highest BCUT2D eigenvalue weighted by molar-refractivity contribution is 7.16. The van der Waals surface area contributed by atoms with Gasteiger partial charge >= 0.3 is 0 Å². The summed E-state index contributed by atoms with van der Waals surface area (Å²) in [5, 5.41) is 8.75. The van der Waals surface area contributed by atoms with Crippen LogP contribution in [-0.4, -0.2) is 10.1 Å². The Morgan fingerprint density at radius 2 is 2.56 bits per heavy atom. The zero-order valence-corrected chi connectivity index (χ0v) is 5.18.